The van der Waals surface area contributed by atoms with Gasteiger partial charge in [0.2, 0.25) is 5.95 Å². The first-order chi connectivity index (χ1) is 22.9. The van der Waals surface area contributed by atoms with Crippen molar-refractivity contribution < 1.29 is 50.1 Å². The van der Waals surface area contributed by atoms with Crippen LogP contribution in [0.5, 0.6) is 5.75 Å². The van der Waals surface area contributed by atoms with Crippen molar-refractivity contribution >= 4 is 18.0 Å². The van der Waals surface area contributed by atoms with Gasteiger partial charge in [0.1, 0.15) is 5.60 Å². The van der Waals surface area contributed by atoms with Crippen molar-refractivity contribution in [3.05, 3.63) is 83.2 Å². The highest BCUT2D eigenvalue weighted by molar-refractivity contribution is 5.71. The smallest absolute Gasteiger partial charge is 0.416 e. The van der Waals surface area contributed by atoms with E-state index < -0.39 is 72.4 Å². The lowest BCUT2D eigenvalue weighted by atomic mass is 9.85. The molecule has 1 amide bonds. The number of amides is 1. The Balaban J connectivity index is 1.81. The number of hydrogen-bond acceptors (Lipinski definition) is 8. The number of alkyl halides is 6. The van der Waals surface area contributed by atoms with E-state index in [1.807, 2.05) is 37.3 Å². The van der Waals surface area contributed by atoms with E-state index in [2.05, 4.69) is 14.7 Å². The first kappa shape index (κ1) is 37.3. The second kappa shape index (κ2) is 14.9. The maximum Gasteiger partial charge on any atom is 0.416 e. The van der Waals surface area contributed by atoms with Gasteiger partial charge >= 0.3 is 24.4 Å². The zero-order valence-electron chi connectivity index (χ0n) is 27.6. The van der Waals surface area contributed by atoms with Crippen LogP contribution >= 0.6 is 0 Å². The van der Waals surface area contributed by atoms with E-state index in [-0.39, 0.29) is 36.2 Å². The van der Waals surface area contributed by atoms with Gasteiger partial charge in [-0.1, -0.05) is 37.3 Å². The highest BCUT2D eigenvalue weighted by atomic mass is 19.4. The number of esters is 1. The highest BCUT2D eigenvalue weighted by Gasteiger charge is 2.43. The number of methoxy groups -OCH3 is 1. The first-order valence-corrected chi connectivity index (χ1v) is 15.5. The molecular weight excluding hydrogens is 658 g/mol. The molecule has 0 saturated carbocycles. The van der Waals surface area contributed by atoms with Crippen molar-refractivity contribution in [3.8, 4) is 5.75 Å². The predicted molar refractivity (Wildman–Crippen MR) is 167 cm³/mol. The van der Waals surface area contributed by atoms with Crippen molar-refractivity contribution in [1.82, 2.24) is 14.9 Å². The topological polar surface area (TPSA) is 94.1 Å². The van der Waals surface area contributed by atoms with Crippen LogP contribution in [0.15, 0.2) is 60.9 Å². The van der Waals surface area contributed by atoms with Crippen LogP contribution in [0.1, 0.15) is 75.3 Å². The Kier molecular flexibility index (Phi) is 11.3. The molecule has 0 bridgehead atoms. The summed E-state index contributed by atoms with van der Waals surface area (Å²) in [5.41, 5.74) is -3.20. The average Bonchev–Trinajstić information content (AvgIpc) is 3.04. The molecule has 0 aliphatic carbocycles. The molecule has 266 valence electrons. The quantitative estimate of drug-likeness (QED) is 0.164. The van der Waals surface area contributed by atoms with Crippen LogP contribution in [0.4, 0.5) is 37.1 Å². The van der Waals surface area contributed by atoms with E-state index in [0.29, 0.717) is 18.6 Å². The molecule has 0 radical (unpaired) electrons. The van der Waals surface area contributed by atoms with Gasteiger partial charge in [0.15, 0.2) is 12.4 Å². The number of carbonyl (C=O) groups excluding carboxylic acids is 2. The van der Waals surface area contributed by atoms with Gasteiger partial charge in [-0.2, -0.15) is 26.3 Å². The summed E-state index contributed by atoms with van der Waals surface area (Å²) in [6.45, 7) is 6.26. The number of aromatic nitrogens is 2. The maximum absolute atomic E-state index is 13.8. The standard InChI is InChI=1S/C34H38F6N4O5/c1-6-25-15-26(16-28(22-10-8-7-9-11-22)44(25)31(46)49-32(2,3)4)43(30-41-17-27(18-42-30)48-20-29(45)47-5)19-21-12-23(33(35,36)37)14-24(13-21)34(38,39)40/h7-14,17-18,25-26,28H,6,15-16,19-20H2,1-5H3/t25-,26+,28?/m1/s1. The molecule has 3 aromatic rings. The van der Waals surface area contributed by atoms with Gasteiger partial charge in [-0.3, -0.25) is 4.90 Å². The summed E-state index contributed by atoms with van der Waals surface area (Å²) in [5.74, 6) is -0.584. The Labute approximate surface area is 280 Å². The fourth-order valence-corrected chi connectivity index (χ4v) is 5.73. The molecule has 15 heteroatoms. The lowest BCUT2D eigenvalue weighted by molar-refractivity contribution is -0.144. The lowest BCUT2D eigenvalue weighted by Crippen LogP contribution is -2.54. The van der Waals surface area contributed by atoms with E-state index in [4.69, 9.17) is 9.47 Å². The van der Waals surface area contributed by atoms with Gasteiger partial charge in [0.25, 0.3) is 0 Å². The normalized spacial score (nSPS) is 18.5. The van der Waals surface area contributed by atoms with Gasteiger partial charge in [-0.15, -0.1) is 0 Å². The van der Waals surface area contributed by atoms with Crippen LogP contribution in [0, 0.1) is 0 Å². The summed E-state index contributed by atoms with van der Waals surface area (Å²) in [4.78, 5) is 37.0. The van der Waals surface area contributed by atoms with E-state index in [1.54, 1.807) is 30.6 Å². The average molecular weight is 697 g/mol. The Bertz CT molecular complexity index is 1550. The Hall–Kier alpha value is -4.56. The second-order valence-electron chi connectivity index (χ2n) is 12.6. The number of hydrogen-bond donors (Lipinski definition) is 0. The van der Waals surface area contributed by atoms with E-state index >= 15 is 0 Å². The number of ether oxygens (including phenoxy) is 3. The molecule has 1 fully saturated rings. The monoisotopic (exact) mass is 696 g/mol. The number of benzene rings is 2. The minimum absolute atomic E-state index is 0.00577. The van der Waals surface area contributed by atoms with Gasteiger partial charge in [0.05, 0.1) is 36.7 Å². The van der Waals surface area contributed by atoms with E-state index in [1.165, 1.54) is 19.5 Å². The third-order valence-electron chi connectivity index (χ3n) is 7.93. The maximum atomic E-state index is 13.8. The fraction of sp³-hybridized carbons (Fsp3) is 0.471. The van der Waals surface area contributed by atoms with Crippen molar-refractivity contribution in [2.75, 3.05) is 18.6 Å². The minimum atomic E-state index is -5.04. The highest BCUT2D eigenvalue weighted by Crippen LogP contribution is 2.41. The largest absolute Gasteiger partial charge is 0.479 e. The van der Waals surface area contributed by atoms with Crippen LogP contribution in [-0.4, -0.2) is 58.3 Å². The van der Waals surface area contributed by atoms with Crippen LogP contribution < -0.4 is 9.64 Å². The third kappa shape index (κ3) is 9.76. The SMILES string of the molecule is CC[C@@H]1C[C@H](N(Cc2cc(C(F)(F)F)cc(C(F)(F)F)c2)c2ncc(OCC(=O)OC)cn2)CC(c2ccccc2)N1C(=O)OC(C)(C)C. The second-order valence-corrected chi connectivity index (χ2v) is 12.6. The molecular formula is C34H38F6N4O5. The van der Waals surface area contributed by atoms with Gasteiger partial charge in [-0.25, -0.2) is 19.6 Å². The van der Waals surface area contributed by atoms with Gasteiger partial charge in [-0.05, 0) is 69.4 Å². The summed E-state index contributed by atoms with van der Waals surface area (Å²) in [5, 5.41) is 0. The number of carbonyl (C=O) groups is 2. The van der Waals surface area contributed by atoms with Crippen LogP contribution in [0.25, 0.3) is 0 Å². The van der Waals surface area contributed by atoms with Crippen molar-refractivity contribution in [2.45, 2.75) is 89.6 Å². The summed E-state index contributed by atoms with van der Waals surface area (Å²) in [6.07, 6.45) is -7.19. The molecule has 1 aliphatic heterocycles. The van der Waals surface area contributed by atoms with Crippen molar-refractivity contribution in [3.63, 3.8) is 0 Å². The van der Waals surface area contributed by atoms with Crippen molar-refractivity contribution in [1.29, 1.82) is 0 Å². The molecule has 9 nitrogen and oxygen atoms in total. The summed E-state index contributed by atoms with van der Waals surface area (Å²) in [7, 11) is 1.18. The zero-order valence-corrected chi connectivity index (χ0v) is 27.6. The molecule has 2 heterocycles. The third-order valence-corrected chi connectivity index (χ3v) is 7.93. The number of nitrogens with zero attached hydrogens (tertiary/aromatic N) is 4. The predicted octanol–water partition coefficient (Wildman–Crippen LogP) is 7.99. The molecule has 1 unspecified atom stereocenters. The van der Waals surface area contributed by atoms with Crippen molar-refractivity contribution in [2.24, 2.45) is 0 Å². The number of rotatable bonds is 9. The summed E-state index contributed by atoms with van der Waals surface area (Å²) >= 11 is 0. The number of halogens is 6. The molecule has 3 atom stereocenters. The molecule has 1 saturated heterocycles. The Morgan fingerprint density at radius 1 is 0.918 bits per heavy atom. The lowest BCUT2D eigenvalue weighted by Gasteiger charge is -2.48. The van der Waals surface area contributed by atoms with Crippen LogP contribution in [0.2, 0.25) is 0 Å². The summed E-state index contributed by atoms with van der Waals surface area (Å²) < 4.78 is 98.6. The number of likely N-dealkylation sites (tertiary alicyclic amines) is 1. The van der Waals surface area contributed by atoms with Crippen LogP contribution in [0.3, 0.4) is 0 Å². The van der Waals surface area contributed by atoms with Gasteiger partial charge in [0, 0.05) is 18.6 Å². The fourth-order valence-electron chi connectivity index (χ4n) is 5.73. The first-order valence-electron chi connectivity index (χ1n) is 15.5. The molecule has 49 heavy (non-hydrogen) atoms. The molecule has 4 rings (SSSR count). The van der Waals surface area contributed by atoms with Crippen LogP contribution in [-0.2, 0) is 33.2 Å². The molecule has 1 aromatic heterocycles. The Morgan fingerprint density at radius 3 is 2.02 bits per heavy atom. The summed E-state index contributed by atoms with van der Waals surface area (Å²) in [6, 6.07) is 8.97. The zero-order chi connectivity index (χ0) is 36.1. The number of anilines is 1. The van der Waals surface area contributed by atoms with E-state index in [9.17, 15) is 35.9 Å². The molecule has 1 aliphatic rings. The molecule has 2 aromatic carbocycles. The molecule has 0 N–H and O–H groups in total. The minimum Gasteiger partial charge on any atom is -0.479 e. The number of piperidine rings is 1. The van der Waals surface area contributed by atoms with Gasteiger partial charge < -0.3 is 19.1 Å². The molecule has 0 spiro atoms. The Morgan fingerprint density at radius 2 is 1.51 bits per heavy atom. The van der Waals surface area contributed by atoms with E-state index in [0.717, 1.165) is 5.56 Å².